The number of aryl methyl sites for hydroxylation is 2. The molecule has 0 saturated heterocycles. The summed E-state index contributed by atoms with van der Waals surface area (Å²) in [5.41, 5.74) is 1.84. The van der Waals surface area contributed by atoms with Gasteiger partial charge in [0.2, 0.25) is 0 Å². The number of nitrogens with zero attached hydrogens (tertiary/aromatic N) is 3. The van der Waals surface area contributed by atoms with Crippen molar-refractivity contribution in [1.29, 1.82) is 0 Å². The van der Waals surface area contributed by atoms with Gasteiger partial charge in [-0.25, -0.2) is 15.1 Å². The second-order valence-corrected chi connectivity index (χ2v) is 5.32. The van der Waals surface area contributed by atoms with Crippen molar-refractivity contribution in [3.05, 3.63) is 69.9 Å². The standard InChI is InChI=1S/C17H15N5O3/c1-10-8-11(2)19-17(18-10)25-13-5-3-4-12(9-13)20-16(24)14-6-7-15(23)22-21-14/h3-9H,1-2H3,(H,20,24)(H,22,23). The fraction of sp³-hybridized carbons (Fsp3) is 0.118. The van der Waals surface area contributed by atoms with E-state index in [0.29, 0.717) is 11.4 Å². The molecule has 0 aliphatic heterocycles. The van der Waals surface area contributed by atoms with Gasteiger partial charge in [0.05, 0.1) is 0 Å². The molecule has 0 bridgehead atoms. The number of rotatable bonds is 4. The quantitative estimate of drug-likeness (QED) is 0.755. The molecule has 1 aromatic carbocycles. The molecule has 0 fully saturated rings. The van der Waals surface area contributed by atoms with Crippen LogP contribution in [0.15, 0.2) is 47.3 Å². The van der Waals surface area contributed by atoms with Crippen molar-refractivity contribution in [2.75, 3.05) is 5.32 Å². The lowest BCUT2D eigenvalue weighted by atomic mass is 10.3. The highest BCUT2D eigenvalue weighted by molar-refractivity contribution is 6.02. The Kier molecular flexibility index (Phi) is 4.51. The van der Waals surface area contributed by atoms with Gasteiger partial charge >= 0.3 is 6.01 Å². The fourth-order valence-electron chi connectivity index (χ4n) is 2.15. The molecule has 8 heteroatoms. The Morgan fingerprint density at radius 2 is 1.84 bits per heavy atom. The Morgan fingerprint density at radius 3 is 2.52 bits per heavy atom. The lowest BCUT2D eigenvalue weighted by molar-refractivity contribution is 0.102. The van der Waals surface area contributed by atoms with Crippen LogP contribution in [-0.2, 0) is 0 Å². The van der Waals surface area contributed by atoms with Gasteiger partial charge in [0, 0.05) is 29.2 Å². The monoisotopic (exact) mass is 337 g/mol. The molecule has 2 N–H and O–H groups in total. The zero-order valence-corrected chi connectivity index (χ0v) is 13.6. The van der Waals surface area contributed by atoms with Gasteiger partial charge in [0.1, 0.15) is 11.4 Å². The molecule has 8 nitrogen and oxygen atoms in total. The molecule has 0 radical (unpaired) electrons. The van der Waals surface area contributed by atoms with E-state index in [1.165, 1.54) is 12.1 Å². The van der Waals surface area contributed by atoms with Crippen LogP contribution in [0.1, 0.15) is 21.9 Å². The number of ether oxygens (including phenoxy) is 1. The smallest absolute Gasteiger partial charge is 0.322 e. The summed E-state index contributed by atoms with van der Waals surface area (Å²) in [4.78, 5) is 31.5. The first-order chi connectivity index (χ1) is 12.0. The molecule has 3 rings (SSSR count). The van der Waals surface area contributed by atoms with E-state index in [0.717, 1.165) is 11.4 Å². The summed E-state index contributed by atoms with van der Waals surface area (Å²) in [7, 11) is 0. The Morgan fingerprint density at radius 1 is 1.08 bits per heavy atom. The molecule has 0 atom stereocenters. The van der Waals surface area contributed by atoms with Gasteiger partial charge in [0.25, 0.3) is 11.5 Å². The summed E-state index contributed by atoms with van der Waals surface area (Å²) < 4.78 is 5.65. The fourth-order valence-corrected chi connectivity index (χ4v) is 2.15. The van der Waals surface area contributed by atoms with Crippen molar-refractivity contribution >= 4 is 11.6 Å². The number of hydrogen-bond donors (Lipinski definition) is 2. The van der Waals surface area contributed by atoms with Gasteiger partial charge in [-0.05, 0) is 38.1 Å². The summed E-state index contributed by atoms with van der Waals surface area (Å²) in [6.45, 7) is 3.71. The van der Waals surface area contributed by atoms with Gasteiger partial charge in [-0.1, -0.05) is 6.07 Å². The molecule has 1 amide bonds. The van der Waals surface area contributed by atoms with Crippen LogP contribution in [0, 0.1) is 13.8 Å². The van der Waals surface area contributed by atoms with E-state index in [2.05, 4.69) is 25.5 Å². The molecule has 0 aliphatic carbocycles. The number of anilines is 1. The molecule has 3 aromatic rings. The van der Waals surface area contributed by atoms with Crippen LogP contribution in [0.2, 0.25) is 0 Å². The Balaban J connectivity index is 1.76. The van der Waals surface area contributed by atoms with Crippen molar-refractivity contribution in [3.63, 3.8) is 0 Å². The number of carbonyl (C=O) groups is 1. The first-order valence-corrected chi connectivity index (χ1v) is 7.47. The SMILES string of the molecule is Cc1cc(C)nc(Oc2cccc(NC(=O)c3ccc(=O)[nH]n3)c2)n1. The van der Waals surface area contributed by atoms with Crippen molar-refractivity contribution in [1.82, 2.24) is 20.2 Å². The van der Waals surface area contributed by atoms with E-state index in [4.69, 9.17) is 4.74 Å². The number of H-pyrrole nitrogens is 1. The molecule has 0 aliphatic rings. The van der Waals surface area contributed by atoms with Crippen molar-refractivity contribution in [2.45, 2.75) is 13.8 Å². The molecular weight excluding hydrogens is 322 g/mol. The summed E-state index contributed by atoms with van der Waals surface area (Å²) >= 11 is 0. The van der Waals surface area contributed by atoms with Gasteiger partial charge in [-0.2, -0.15) is 5.10 Å². The highest BCUT2D eigenvalue weighted by atomic mass is 16.5. The molecule has 2 aromatic heterocycles. The van der Waals surface area contributed by atoms with E-state index in [1.807, 2.05) is 19.9 Å². The Hall–Kier alpha value is -3.55. The lowest BCUT2D eigenvalue weighted by Crippen LogP contribution is -2.17. The largest absolute Gasteiger partial charge is 0.424 e. The first kappa shape index (κ1) is 16.3. The lowest BCUT2D eigenvalue weighted by Gasteiger charge is -2.08. The van der Waals surface area contributed by atoms with E-state index in [1.54, 1.807) is 24.3 Å². The van der Waals surface area contributed by atoms with E-state index >= 15 is 0 Å². The average molecular weight is 337 g/mol. The highest BCUT2D eigenvalue weighted by Crippen LogP contribution is 2.22. The average Bonchev–Trinajstić information content (AvgIpc) is 2.54. The molecular formula is C17H15N5O3. The normalized spacial score (nSPS) is 10.3. The summed E-state index contributed by atoms with van der Waals surface area (Å²) in [5, 5.41) is 8.58. The minimum absolute atomic E-state index is 0.101. The van der Waals surface area contributed by atoms with Crippen LogP contribution in [-0.4, -0.2) is 26.1 Å². The van der Waals surface area contributed by atoms with Crippen LogP contribution in [0.5, 0.6) is 11.8 Å². The van der Waals surface area contributed by atoms with Crippen molar-refractivity contribution in [3.8, 4) is 11.8 Å². The van der Waals surface area contributed by atoms with Crippen molar-refractivity contribution < 1.29 is 9.53 Å². The van der Waals surface area contributed by atoms with E-state index in [9.17, 15) is 9.59 Å². The predicted molar refractivity (Wildman–Crippen MR) is 90.8 cm³/mol. The second kappa shape index (κ2) is 6.91. The third-order valence-electron chi connectivity index (χ3n) is 3.17. The summed E-state index contributed by atoms with van der Waals surface area (Å²) in [6, 6.07) is 11.5. The Bertz CT molecular complexity index is 943. The second-order valence-electron chi connectivity index (χ2n) is 5.32. The third kappa shape index (κ3) is 4.25. The summed E-state index contributed by atoms with van der Waals surface area (Å²) in [5.74, 6) is 0.0354. The topological polar surface area (TPSA) is 110 Å². The zero-order chi connectivity index (χ0) is 17.8. The molecule has 2 heterocycles. The van der Waals surface area contributed by atoms with Crippen LogP contribution in [0.4, 0.5) is 5.69 Å². The maximum Gasteiger partial charge on any atom is 0.322 e. The maximum absolute atomic E-state index is 12.1. The number of nitrogens with one attached hydrogen (secondary N) is 2. The molecule has 126 valence electrons. The van der Waals surface area contributed by atoms with Gasteiger partial charge < -0.3 is 10.1 Å². The predicted octanol–water partition coefficient (Wildman–Crippen LogP) is 2.22. The molecule has 0 spiro atoms. The Labute approximate surface area is 142 Å². The number of aromatic nitrogens is 4. The maximum atomic E-state index is 12.1. The number of aromatic amines is 1. The molecule has 25 heavy (non-hydrogen) atoms. The van der Waals surface area contributed by atoms with Crippen LogP contribution in [0.25, 0.3) is 0 Å². The number of benzene rings is 1. The number of carbonyl (C=O) groups excluding carboxylic acids is 1. The zero-order valence-electron chi connectivity index (χ0n) is 13.6. The molecule has 0 unspecified atom stereocenters. The number of hydrogen-bond acceptors (Lipinski definition) is 6. The van der Waals surface area contributed by atoms with Crippen molar-refractivity contribution in [2.24, 2.45) is 0 Å². The van der Waals surface area contributed by atoms with Gasteiger partial charge in [-0.15, -0.1) is 0 Å². The highest BCUT2D eigenvalue weighted by Gasteiger charge is 2.09. The minimum atomic E-state index is -0.448. The van der Waals surface area contributed by atoms with Crippen LogP contribution in [0.3, 0.4) is 0 Å². The van der Waals surface area contributed by atoms with Crippen LogP contribution >= 0.6 is 0 Å². The van der Waals surface area contributed by atoms with Gasteiger partial charge in [0.15, 0.2) is 0 Å². The van der Waals surface area contributed by atoms with Crippen LogP contribution < -0.4 is 15.6 Å². The number of amides is 1. The van der Waals surface area contributed by atoms with E-state index in [-0.39, 0.29) is 17.3 Å². The third-order valence-corrected chi connectivity index (χ3v) is 3.17. The van der Waals surface area contributed by atoms with E-state index < -0.39 is 5.91 Å². The first-order valence-electron chi connectivity index (χ1n) is 7.47. The minimum Gasteiger partial charge on any atom is -0.424 e. The summed E-state index contributed by atoms with van der Waals surface area (Å²) in [6.07, 6.45) is 0. The van der Waals surface area contributed by atoms with Gasteiger partial charge in [-0.3, -0.25) is 9.59 Å². The molecule has 0 saturated carbocycles.